The van der Waals surface area contributed by atoms with Crippen LogP contribution in [0.25, 0.3) is 0 Å². The maximum absolute atomic E-state index is 13.3. The second-order valence-electron chi connectivity index (χ2n) is 20.3. The van der Waals surface area contributed by atoms with Crippen LogP contribution >= 0.6 is 188 Å². The molecule has 0 spiro atoms. The highest BCUT2D eigenvalue weighted by molar-refractivity contribution is 8.07. The monoisotopic (exact) mass is 1660 g/mol. The van der Waals surface area contributed by atoms with Crippen molar-refractivity contribution in [3.8, 4) is 0 Å². The number of hydrogen-bond donors (Lipinski definition) is 19. The van der Waals surface area contributed by atoms with Crippen molar-refractivity contribution in [1.82, 2.24) is 0 Å². The van der Waals surface area contributed by atoms with Crippen LogP contribution in [0, 0.1) is 0 Å². The molecule has 0 fully saturated rings. The third-order valence-corrected chi connectivity index (χ3v) is 33.3. The minimum atomic E-state index is -4.85. The molecule has 0 saturated heterocycles. The fourth-order valence-corrected chi connectivity index (χ4v) is 27.7. The van der Waals surface area contributed by atoms with Gasteiger partial charge in [0, 0.05) is 161 Å². The van der Waals surface area contributed by atoms with Crippen LogP contribution in [0.5, 0.6) is 0 Å². The fourth-order valence-electron chi connectivity index (χ4n) is 8.47. The number of aliphatic hydroxyl groups excluding tert-OH is 7. The molecule has 0 heterocycles. The van der Waals surface area contributed by atoms with Crippen LogP contribution in [0.2, 0.25) is 0 Å². The van der Waals surface area contributed by atoms with Gasteiger partial charge >= 0.3 is 10.4 Å². The molecule has 0 unspecified atom stereocenters. The molecule has 0 aliphatic rings. The summed E-state index contributed by atoms with van der Waals surface area (Å²) in [6, 6.07) is 7.61. The number of benzene rings is 1. The lowest BCUT2D eigenvalue weighted by Gasteiger charge is -2.57. The second-order valence-corrected chi connectivity index (χ2v) is 41.3. The van der Waals surface area contributed by atoms with E-state index in [9.17, 15) is 94.7 Å². The zero-order valence-electron chi connectivity index (χ0n) is 53.4. The first-order valence-electron chi connectivity index (χ1n) is 30.2. The van der Waals surface area contributed by atoms with Gasteiger partial charge in [0.05, 0.1) is 11.4 Å². The van der Waals surface area contributed by atoms with Crippen molar-refractivity contribution < 1.29 is 98.9 Å². The average molecular weight is 1660 g/mol. The number of nitrogen functional groups attached to an aromatic ring is 1. The van der Waals surface area contributed by atoms with E-state index in [2.05, 4.69) is 5.32 Å². The second kappa shape index (κ2) is 61.8. The largest absolute Gasteiger partial charge is 0.399 e. The van der Waals surface area contributed by atoms with Crippen molar-refractivity contribution in [3.63, 3.8) is 0 Å². The predicted molar refractivity (Wildman–Crippen MR) is 426 cm³/mol. The molecule has 1 aromatic carbocycles. The van der Waals surface area contributed by atoms with E-state index in [0.717, 1.165) is 11.4 Å². The smallest absolute Gasteiger partial charge is 0.397 e. The first kappa shape index (κ1) is 97.7. The highest BCUT2D eigenvalue weighted by atomic mass is 32.3. The van der Waals surface area contributed by atoms with Gasteiger partial charge in [-0.3, -0.25) is 4.55 Å². The Hall–Kier alpha value is 3.65. The fraction of sp³-hybridized carbons (Fsp3) is 0.891. The van der Waals surface area contributed by atoms with Gasteiger partial charge in [-0.25, -0.2) is 4.18 Å². The molecule has 20 N–H and O–H groups in total. The molecule has 0 saturated carbocycles. The van der Waals surface area contributed by atoms with Crippen LogP contribution in [-0.4, -0.2) is 339 Å². The molecule has 39 heteroatoms. The Morgan fingerprint density at radius 1 is 0.372 bits per heavy atom. The van der Waals surface area contributed by atoms with E-state index in [1.807, 2.05) is 31.3 Å². The summed E-state index contributed by atoms with van der Waals surface area (Å²) in [6.07, 6.45) is -7.61. The first-order valence-corrected chi connectivity index (χ1v) is 49.5. The van der Waals surface area contributed by atoms with Gasteiger partial charge in [0.15, 0.2) is 49.8 Å². The summed E-state index contributed by atoms with van der Waals surface area (Å²) in [7, 11) is -2.97. The lowest BCUT2D eigenvalue weighted by Crippen LogP contribution is -2.60. The van der Waals surface area contributed by atoms with Gasteiger partial charge in [0.25, 0.3) is 0 Å². The summed E-state index contributed by atoms with van der Waals surface area (Å²) in [5.41, 5.74) is 7.34. The molecule has 0 aromatic heterocycles. The molecule has 1 rings (SSSR count). The molecule has 0 radical (unpaired) electrons. The summed E-state index contributed by atoms with van der Waals surface area (Å²) < 4.78 is 36.2. The summed E-state index contributed by atoms with van der Waals surface area (Å²) >= 11 is 24.4. The van der Waals surface area contributed by atoms with Gasteiger partial charge in [-0.1, -0.05) is 0 Å². The topological polar surface area (TPSA) is 425 Å². The summed E-state index contributed by atoms with van der Waals surface area (Å²) in [5, 5.41) is 164. The third-order valence-electron chi connectivity index (χ3n) is 12.8. The van der Waals surface area contributed by atoms with Gasteiger partial charge in [0.1, 0.15) is 0 Å². The molecule has 560 valence electrons. The third kappa shape index (κ3) is 54.3. The van der Waals surface area contributed by atoms with Crippen molar-refractivity contribution in [1.29, 1.82) is 0 Å². The van der Waals surface area contributed by atoms with Crippen LogP contribution in [0.3, 0.4) is 0 Å². The number of aliphatic hydroxyl groups is 16. The Balaban J connectivity index is 0.00000878. The van der Waals surface area contributed by atoms with E-state index in [4.69, 9.17) is 9.92 Å². The number of nitrogens with two attached hydrogens (primary N) is 1. The maximum Gasteiger partial charge on any atom is 0.397 e. The lowest BCUT2D eigenvalue weighted by molar-refractivity contribution is -0.188. The predicted octanol–water partition coefficient (Wildman–Crippen LogP) is 4.65. The number of nitrogens with one attached hydrogen (secondary N) is 1. The van der Waals surface area contributed by atoms with E-state index in [-0.39, 0.29) is 59.1 Å². The Labute approximate surface area is 627 Å². The maximum atomic E-state index is 13.3. The summed E-state index contributed by atoms with van der Waals surface area (Å²) in [6.45, 7) is -0.371. The molecule has 0 aliphatic carbocycles. The van der Waals surface area contributed by atoms with Crippen LogP contribution in [0.15, 0.2) is 24.3 Å². The van der Waals surface area contributed by atoms with E-state index in [0.29, 0.717) is 159 Å². The van der Waals surface area contributed by atoms with E-state index in [1.54, 1.807) is 94.1 Å². The molecule has 0 aliphatic heterocycles. The molecular formula is C55H108N2O20S17. The van der Waals surface area contributed by atoms with Gasteiger partial charge in [-0.05, 0) is 103 Å². The minimum Gasteiger partial charge on any atom is -0.399 e. The highest BCUT2D eigenvalue weighted by Crippen LogP contribution is 2.62. The minimum absolute atomic E-state index is 0.0440. The van der Waals surface area contributed by atoms with Crippen molar-refractivity contribution in [2.24, 2.45) is 0 Å². The Morgan fingerprint density at radius 3 is 0.872 bits per heavy atom. The van der Waals surface area contributed by atoms with Gasteiger partial charge in [0.2, 0.25) is 0 Å². The van der Waals surface area contributed by atoms with Crippen LogP contribution < -0.4 is 11.1 Å². The van der Waals surface area contributed by atoms with Gasteiger partial charge in [-0.15, -0.1) is 11.8 Å². The molecule has 94 heavy (non-hydrogen) atoms. The van der Waals surface area contributed by atoms with Crippen LogP contribution in [0.1, 0.15) is 44.9 Å². The molecular weight excluding hydrogens is 1550 g/mol. The number of thioether (sulfide) groups is 16. The van der Waals surface area contributed by atoms with Crippen molar-refractivity contribution in [2.45, 2.75) is 109 Å². The zero-order chi connectivity index (χ0) is 70.4. The van der Waals surface area contributed by atoms with E-state index < -0.39 is 74.5 Å². The SMILES string of the molecule is CNc1ccc(N)cc1.O=S(=O)(O)OCCSC(CCSCCSCC(O)O)(CCSCCSCC(O)O)C(CCSCCSCC(O)O)(CCSCCSCC(O)O)SC(CCSCCSCC(O)O)(CCSCCSCC(O)O)C(O)(O)CCSCCSCC(O)O. The van der Waals surface area contributed by atoms with Crippen LogP contribution in [0.4, 0.5) is 11.4 Å². The molecule has 0 bridgehead atoms. The number of anilines is 2. The van der Waals surface area contributed by atoms with Crippen LogP contribution in [-0.2, 0) is 14.6 Å². The molecule has 22 nitrogen and oxygen atoms in total. The summed E-state index contributed by atoms with van der Waals surface area (Å²) in [5.74, 6) is 11.1. The van der Waals surface area contributed by atoms with Crippen molar-refractivity contribution in [2.75, 3.05) is 192 Å². The normalized spacial score (nSPS) is 12.9. The summed E-state index contributed by atoms with van der Waals surface area (Å²) in [4.78, 5) is 0. The highest BCUT2D eigenvalue weighted by Gasteiger charge is 2.59. The number of hydrogen-bond acceptors (Lipinski definition) is 37. The number of rotatable bonds is 66. The average Bonchev–Trinajstić information content (AvgIpc) is 0.740. The molecule has 1 aromatic rings. The lowest BCUT2D eigenvalue weighted by atomic mass is 9.81. The van der Waals surface area contributed by atoms with Gasteiger partial charge in [-0.2, -0.15) is 185 Å². The van der Waals surface area contributed by atoms with Gasteiger partial charge < -0.3 is 92.8 Å². The zero-order valence-corrected chi connectivity index (χ0v) is 67.2. The standard InChI is InChI=1S/C48H98O20S17.C7H10N2/c49-38(50)31-76-24-17-69-9-1-45(83-16-8-68-85(65,66)67,2-10-70-18-25-77-32-39(51)52)46(3-11-71-19-26-78-33-40(53)54,4-12-72-20-27-79-34-41(55)56)84-47(5-13-73-21-28-80-35-42(57)58,6-14-74-22-29-81-36-43(59)60)48(63,64)7-15-75-23-30-82-37-44(61)62;1-9-7-4-2-6(8)3-5-7/h38-44,49-64H,1-37H2,(H,65,66,67);2-5,9H,8H2,1H3. The quantitative estimate of drug-likeness (QED) is 0.0183. The Kier molecular flexibility index (Phi) is 64.2. The first-order chi connectivity index (χ1) is 44.7. The Bertz CT molecular complexity index is 1930. The van der Waals surface area contributed by atoms with E-state index >= 15 is 0 Å². The van der Waals surface area contributed by atoms with E-state index in [1.165, 1.54) is 94.1 Å². The molecule has 0 atom stereocenters. The van der Waals surface area contributed by atoms with Crippen molar-refractivity contribution in [3.05, 3.63) is 24.3 Å². The Morgan fingerprint density at radius 2 is 0.617 bits per heavy atom. The molecule has 0 amide bonds. The van der Waals surface area contributed by atoms with Crippen molar-refractivity contribution >= 4 is 210 Å².